The predicted octanol–water partition coefficient (Wildman–Crippen LogP) is 3.19. The third-order valence-corrected chi connectivity index (χ3v) is 4.52. The van der Waals surface area contributed by atoms with Crippen molar-refractivity contribution in [2.75, 3.05) is 7.11 Å². The highest BCUT2D eigenvalue weighted by Crippen LogP contribution is 2.40. The Hall–Kier alpha value is -1.39. The zero-order valence-corrected chi connectivity index (χ0v) is 11.8. The Kier molecular flexibility index (Phi) is 3.80. The van der Waals surface area contributed by atoms with Gasteiger partial charge in [0, 0.05) is 24.2 Å². The SMILES string of the molecule is COc1ccccc1C1CC(NCc2nccs2)C1. The number of nitrogens with zero attached hydrogens (tertiary/aromatic N) is 1. The second-order valence-corrected chi connectivity index (χ2v) is 5.89. The zero-order chi connectivity index (χ0) is 13.1. The summed E-state index contributed by atoms with van der Waals surface area (Å²) >= 11 is 1.71. The summed E-state index contributed by atoms with van der Waals surface area (Å²) in [4.78, 5) is 4.29. The summed E-state index contributed by atoms with van der Waals surface area (Å²) in [6.07, 6.45) is 4.23. The monoisotopic (exact) mass is 274 g/mol. The van der Waals surface area contributed by atoms with Crippen LogP contribution < -0.4 is 10.1 Å². The number of rotatable bonds is 5. The van der Waals surface area contributed by atoms with Crippen molar-refractivity contribution in [3.05, 3.63) is 46.4 Å². The van der Waals surface area contributed by atoms with E-state index < -0.39 is 0 Å². The Balaban J connectivity index is 1.52. The number of hydrogen-bond acceptors (Lipinski definition) is 4. The van der Waals surface area contributed by atoms with E-state index in [9.17, 15) is 0 Å². The van der Waals surface area contributed by atoms with Crippen LogP contribution in [0.25, 0.3) is 0 Å². The molecular formula is C15H18N2OS. The minimum Gasteiger partial charge on any atom is -0.496 e. The Labute approximate surface area is 117 Å². The van der Waals surface area contributed by atoms with Gasteiger partial charge in [0.2, 0.25) is 0 Å². The van der Waals surface area contributed by atoms with Crippen LogP contribution in [0.5, 0.6) is 5.75 Å². The molecule has 3 rings (SSSR count). The van der Waals surface area contributed by atoms with Gasteiger partial charge in [0.05, 0.1) is 7.11 Å². The van der Waals surface area contributed by atoms with Crippen LogP contribution >= 0.6 is 11.3 Å². The van der Waals surface area contributed by atoms with Gasteiger partial charge in [0.1, 0.15) is 10.8 Å². The Morgan fingerprint density at radius 2 is 2.21 bits per heavy atom. The number of methoxy groups -OCH3 is 1. The summed E-state index contributed by atoms with van der Waals surface area (Å²) in [5, 5.41) is 6.76. The first-order valence-electron chi connectivity index (χ1n) is 6.61. The fourth-order valence-corrected chi connectivity index (χ4v) is 3.18. The molecule has 1 aliphatic carbocycles. The maximum Gasteiger partial charge on any atom is 0.122 e. The minimum absolute atomic E-state index is 0.610. The third-order valence-electron chi connectivity index (χ3n) is 3.74. The Bertz CT molecular complexity index is 521. The molecule has 1 aromatic carbocycles. The lowest BCUT2D eigenvalue weighted by molar-refractivity contribution is 0.282. The first-order valence-corrected chi connectivity index (χ1v) is 7.49. The summed E-state index contributed by atoms with van der Waals surface area (Å²) in [7, 11) is 1.75. The molecule has 0 radical (unpaired) electrons. The maximum absolute atomic E-state index is 5.43. The molecule has 1 aromatic heterocycles. The van der Waals surface area contributed by atoms with Gasteiger partial charge in [-0.15, -0.1) is 11.3 Å². The van der Waals surface area contributed by atoms with Crippen LogP contribution in [0.15, 0.2) is 35.8 Å². The Morgan fingerprint density at radius 3 is 2.95 bits per heavy atom. The van der Waals surface area contributed by atoms with E-state index in [1.54, 1.807) is 18.4 Å². The van der Waals surface area contributed by atoms with E-state index in [2.05, 4.69) is 22.4 Å². The van der Waals surface area contributed by atoms with Crippen LogP contribution in [-0.4, -0.2) is 18.1 Å². The molecule has 3 nitrogen and oxygen atoms in total. The average Bonchev–Trinajstić information content (AvgIpc) is 2.90. The fraction of sp³-hybridized carbons (Fsp3) is 0.400. The van der Waals surface area contributed by atoms with Crippen molar-refractivity contribution in [1.82, 2.24) is 10.3 Å². The molecule has 1 aliphatic rings. The number of para-hydroxylation sites is 1. The molecule has 0 amide bonds. The highest BCUT2D eigenvalue weighted by atomic mass is 32.1. The molecule has 0 saturated heterocycles. The lowest BCUT2D eigenvalue weighted by atomic mass is 9.75. The first kappa shape index (κ1) is 12.6. The number of aromatic nitrogens is 1. The number of benzene rings is 1. The van der Waals surface area contributed by atoms with Crippen molar-refractivity contribution < 1.29 is 4.74 Å². The van der Waals surface area contributed by atoms with Crippen LogP contribution in [0.2, 0.25) is 0 Å². The van der Waals surface area contributed by atoms with Crippen molar-refractivity contribution in [2.45, 2.75) is 31.3 Å². The van der Waals surface area contributed by atoms with Gasteiger partial charge >= 0.3 is 0 Å². The van der Waals surface area contributed by atoms with Gasteiger partial charge < -0.3 is 10.1 Å². The number of thiazole rings is 1. The van der Waals surface area contributed by atoms with E-state index in [0.717, 1.165) is 12.3 Å². The molecule has 0 bridgehead atoms. The van der Waals surface area contributed by atoms with Crippen molar-refractivity contribution in [1.29, 1.82) is 0 Å². The molecule has 0 spiro atoms. The smallest absolute Gasteiger partial charge is 0.122 e. The van der Waals surface area contributed by atoms with Gasteiger partial charge in [-0.25, -0.2) is 4.98 Å². The summed E-state index contributed by atoms with van der Waals surface area (Å²) in [5.74, 6) is 1.65. The fourth-order valence-electron chi connectivity index (χ4n) is 2.61. The normalized spacial score (nSPS) is 21.9. The zero-order valence-electron chi connectivity index (χ0n) is 11.0. The standard InChI is InChI=1S/C15H18N2OS/c1-18-14-5-3-2-4-13(14)11-8-12(9-11)17-10-15-16-6-7-19-15/h2-7,11-12,17H,8-10H2,1H3. The van der Waals surface area contributed by atoms with E-state index >= 15 is 0 Å². The van der Waals surface area contributed by atoms with Gasteiger partial charge in [-0.3, -0.25) is 0 Å². The van der Waals surface area contributed by atoms with E-state index in [4.69, 9.17) is 4.74 Å². The molecule has 1 fully saturated rings. The lowest BCUT2D eigenvalue weighted by Gasteiger charge is -2.36. The molecule has 2 aromatic rings. The van der Waals surface area contributed by atoms with Gasteiger partial charge in [0.25, 0.3) is 0 Å². The summed E-state index contributed by atoms with van der Waals surface area (Å²) in [6, 6.07) is 8.96. The molecule has 0 aliphatic heterocycles. The minimum atomic E-state index is 0.610. The van der Waals surface area contributed by atoms with Gasteiger partial charge in [-0.05, 0) is 30.4 Å². The van der Waals surface area contributed by atoms with Crippen molar-refractivity contribution >= 4 is 11.3 Å². The molecule has 1 N–H and O–H groups in total. The van der Waals surface area contributed by atoms with E-state index in [1.165, 1.54) is 23.4 Å². The van der Waals surface area contributed by atoms with Crippen LogP contribution in [0.1, 0.15) is 29.3 Å². The van der Waals surface area contributed by atoms with Crippen molar-refractivity contribution in [2.24, 2.45) is 0 Å². The summed E-state index contributed by atoms with van der Waals surface area (Å²) in [6.45, 7) is 0.890. The molecule has 1 heterocycles. The highest BCUT2D eigenvalue weighted by Gasteiger charge is 2.31. The lowest BCUT2D eigenvalue weighted by Crippen LogP contribution is -2.39. The predicted molar refractivity (Wildman–Crippen MR) is 77.7 cm³/mol. The highest BCUT2D eigenvalue weighted by molar-refractivity contribution is 7.09. The van der Waals surface area contributed by atoms with E-state index in [0.29, 0.717) is 12.0 Å². The second kappa shape index (κ2) is 5.72. The van der Waals surface area contributed by atoms with E-state index in [1.807, 2.05) is 23.7 Å². The molecule has 1 saturated carbocycles. The molecule has 4 heteroatoms. The van der Waals surface area contributed by atoms with Crippen LogP contribution in [-0.2, 0) is 6.54 Å². The Morgan fingerprint density at radius 1 is 1.37 bits per heavy atom. The van der Waals surface area contributed by atoms with Crippen molar-refractivity contribution in [3.63, 3.8) is 0 Å². The van der Waals surface area contributed by atoms with Crippen molar-refractivity contribution in [3.8, 4) is 5.75 Å². The quantitative estimate of drug-likeness (QED) is 0.909. The van der Waals surface area contributed by atoms with E-state index in [-0.39, 0.29) is 0 Å². The van der Waals surface area contributed by atoms with Crippen LogP contribution in [0, 0.1) is 0 Å². The molecule has 0 unspecified atom stereocenters. The summed E-state index contributed by atoms with van der Waals surface area (Å²) < 4.78 is 5.43. The largest absolute Gasteiger partial charge is 0.496 e. The third kappa shape index (κ3) is 2.80. The summed E-state index contributed by atoms with van der Waals surface area (Å²) in [5.41, 5.74) is 1.34. The van der Waals surface area contributed by atoms with Crippen LogP contribution in [0.4, 0.5) is 0 Å². The molecular weight excluding hydrogens is 256 g/mol. The van der Waals surface area contributed by atoms with Gasteiger partial charge in [-0.1, -0.05) is 18.2 Å². The first-order chi connectivity index (χ1) is 9.36. The number of hydrogen-bond donors (Lipinski definition) is 1. The number of ether oxygens (including phenoxy) is 1. The van der Waals surface area contributed by atoms with Gasteiger partial charge in [-0.2, -0.15) is 0 Å². The molecule has 100 valence electrons. The van der Waals surface area contributed by atoms with Gasteiger partial charge in [0.15, 0.2) is 0 Å². The number of nitrogens with one attached hydrogen (secondary N) is 1. The molecule has 0 atom stereocenters. The average molecular weight is 274 g/mol. The molecule has 19 heavy (non-hydrogen) atoms. The maximum atomic E-state index is 5.43. The van der Waals surface area contributed by atoms with Crippen LogP contribution in [0.3, 0.4) is 0 Å². The second-order valence-electron chi connectivity index (χ2n) is 4.91. The topological polar surface area (TPSA) is 34.1 Å².